The summed E-state index contributed by atoms with van der Waals surface area (Å²) >= 11 is 0. The van der Waals surface area contributed by atoms with E-state index in [1.165, 1.54) is 18.9 Å². The second kappa shape index (κ2) is 7.03. The molecule has 2 aromatic heterocycles. The van der Waals surface area contributed by atoms with Crippen LogP contribution in [0.4, 0.5) is 11.8 Å². The molecule has 8 nitrogen and oxygen atoms in total. The van der Waals surface area contributed by atoms with E-state index in [0.717, 1.165) is 43.4 Å². The molecule has 4 rings (SSSR count). The van der Waals surface area contributed by atoms with Gasteiger partial charge in [0.2, 0.25) is 5.95 Å². The van der Waals surface area contributed by atoms with Crippen molar-refractivity contribution in [2.24, 2.45) is 5.73 Å². The monoisotopic (exact) mass is 355 g/mol. The van der Waals surface area contributed by atoms with Crippen molar-refractivity contribution in [3.63, 3.8) is 0 Å². The lowest BCUT2D eigenvalue weighted by molar-refractivity contribution is 0.345. The Bertz CT molecular complexity index is 838. The molecular weight excluding hydrogens is 330 g/mol. The van der Waals surface area contributed by atoms with Gasteiger partial charge in [0, 0.05) is 42.9 Å². The van der Waals surface area contributed by atoms with Gasteiger partial charge in [-0.1, -0.05) is 0 Å². The van der Waals surface area contributed by atoms with E-state index in [4.69, 9.17) is 10.7 Å². The van der Waals surface area contributed by atoms with Gasteiger partial charge in [0.05, 0.1) is 12.2 Å². The van der Waals surface area contributed by atoms with E-state index in [-0.39, 0.29) is 11.6 Å². The largest absolute Gasteiger partial charge is 0.363 e. The van der Waals surface area contributed by atoms with Crippen LogP contribution < -0.4 is 21.5 Å². The molecule has 1 aliphatic heterocycles. The standard InChI is InChI=1S/C18H25N7O/c1-11-6-17(26)23-16(21-11)10-20-15-9-14(12-7-13(19)8-12)22-18(24-15)25-4-2-3-5-25/h6,9,12-13H,2-5,7-8,10,19H2,1H3,(H,20,22,24)(H,21,23,26). The molecule has 1 saturated heterocycles. The molecule has 138 valence electrons. The van der Waals surface area contributed by atoms with Crippen LogP contribution in [0.15, 0.2) is 16.9 Å². The highest BCUT2D eigenvalue weighted by Crippen LogP contribution is 2.36. The molecule has 8 heteroatoms. The van der Waals surface area contributed by atoms with Gasteiger partial charge in [0.15, 0.2) is 0 Å². The highest BCUT2D eigenvalue weighted by Gasteiger charge is 2.30. The van der Waals surface area contributed by atoms with Gasteiger partial charge in [-0.05, 0) is 32.6 Å². The minimum absolute atomic E-state index is 0.140. The molecule has 26 heavy (non-hydrogen) atoms. The molecule has 2 fully saturated rings. The maximum absolute atomic E-state index is 11.6. The fourth-order valence-electron chi connectivity index (χ4n) is 3.61. The third-order valence-electron chi connectivity index (χ3n) is 5.07. The Balaban J connectivity index is 1.56. The number of rotatable bonds is 5. The van der Waals surface area contributed by atoms with E-state index < -0.39 is 0 Å². The Hall–Kier alpha value is -2.48. The van der Waals surface area contributed by atoms with Gasteiger partial charge in [0.1, 0.15) is 11.6 Å². The zero-order valence-corrected chi connectivity index (χ0v) is 15.0. The SMILES string of the molecule is Cc1cc(=O)[nH]c(CNc2cc(C3CC(N)C3)nc(N3CCCC3)n2)n1. The summed E-state index contributed by atoms with van der Waals surface area (Å²) in [6.45, 7) is 4.23. The van der Waals surface area contributed by atoms with E-state index in [9.17, 15) is 4.79 Å². The van der Waals surface area contributed by atoms with Crippen LogP contribution in [0.2, 0.25) is 0 Å². The Morgan fingerprint density at radius 2 is 2.00 bits per heavy atom. The number of aromatic amines is 1. The minimum Gasteiger partial charge on any atom is -0.363 e. The topological polar surface area (TPSA) is 113 Å². The van der Waals surface area contributed by atoms with Crippen molar-refractivity contribution >= 4 is 11.8 Å². The highest BCUT2D eigenvalue weighted by atomic mass is 16.1. The van der Waals surface area contributed by atoms with E-state index >= 15 is 0 Å². The fourth-order valence-corrected chi connectivity index (χ4v) is 3.61. The number of H-pyrrole nitrogens is 1. The van der Waals surface area contributed by atoms with Crippen LogP contribution in [0.1, 0.15) is 48.8 Å². The number of nitrogens with one attached hydrogen (secondary N) is 2. The third kappa shape index (κ3) is 3.70. The van der Waals surface area contributed by atoms with Crippen LogP contribution in [0.25, 0.3) is 0 Å². The Labute approximate surface area is 152 Å². The summed E-state index contributed by atoms with van der Waals surface area (Å²) in [5.41, 5.74) is 7.57. The van der Waals surface area contributed by atoms with Gasteiger partial charge >= 0.3 is 0 Å². The maximum atomic E-state index is 11.6. The predicted molar refractivity (Wildman–Crippen MR) is 100 cm³/mol. The van der Waals surface area contributed by atoms with Crippen molar-refractivity contribution in [1.82, 2.24) is 19.9 Å². The zero-order valence-electron chi connectivity index (χ0n) is 15.0. The molecule has 2 aromatic rings. The molecule has 4 N–H and O–H groups in total. The molecule has 0 atom stereocenters. The van der Waals surface area contributed by atoms with E-state index in [2.05, 4.69) is 25.2 Å². The van der Waals surface area contributed by atoms with Crippen LogP contribution in [0.3, 0.4) is 0 Å². The van der Waals surface area contributed by atoms with Crippen molar-refractivity contribution in [3.8, 4) is 0 Å². The normalized spacial score (nSPS) is 22.3. The first-order valence-corrected chi connectivity index (χ1v) is 9.27. The molecular formula is C18H25N7O. The van der Waals surface area contributed by atoms with Crippen LogP contribution in [0.5, 0.6) is 0 Å². The molecule has 2 aliphatic rings. The third-order valence-corrected chi connectivity index (χ3v) is 5.07. The van der Waals surface area contributed by atoms with Gasteiger partial charge in [-0.15, -0.1) is 0 Å². The van der Waals surface area contributed by atoms with Crippen molar-refractivity contribution in [2.75, 3.05) is 23.3 Å². The molecule has 0 bridgehead atoms. The number of hydrogen-bond acceptors (Lipinski definition) is 7. The van der Waals surface area contributed by atoms with E-state index in [0.29, 0.717) is 24.0 Å². The van der Waals surface area contributed by atoms with Crippen molar-refractivity contribution in [3.05, 3.63) is 39.7 Å². The van der Waals surface area contributed by atoms with Crippen LogP contribution >= 0.6 is 0 Å². The van der Waals surface area contributed by atoms with Gasteiger partial charge < -0.3 is 20.9 Å². The summed E-state index contributed by atoms with van der Waals surface area (Å²) in [6.07, 6.45) is 4.31. The van der Waals surface area contributed by atoms with Crippen molar-refractivity contribution in [2.45, 2.75) is 51.1 Å². The molecule has 0 aromatic carbocycles. The number of aryl methyl sites for hydroxylation is 1. The summed E-state index contributed by atoms with van der Waals surface area (Å²) in [6, 6.07) is 3.77. The van der Waals surface area contributed by atoms with Crippen LogP contribution in [0, 0.1) is 6.92 Å². The smallest absolute Gasteiger partial charge is 0.251 e. The molecule has 0 unspecified atom stereocenters. The van der Waals surface area contributed by atoms with Gasteiger partial charge in [-0.2, -0.15) is 4.98 Å². The molecule has 1 aliphatic carbocycles. The van der Waals surface area contributed by atoms with E-state index in [1.54, 1.807) is 0 Å². The first-order valence-electron chi connectivity index (χ1n) is 9.27. The maximum Gasteiger partial charge on any atom is 0.251 e. The van der Waals surface area contributed by atoms with Gasteiger partial charge in [-0.25, -0.2) is 9.97 Å². The first kappa shape index (κ1) is 17.0. The lowest BCUT2D eigenvalue weighted by Gasteiger charge is -2.32. The van der Waals surface area contributed by atoms with Crippen LogP contribution in [-0.2, 0) is 6.54 Å². The highest BCUT2D eigenvalue weighted by molar-refractivity contribution is 5.45. The van der Waals surface area contributed by atoms with Crippen LogP contribution in [-0.4, -0.2) is 39.1 Å². The van der Waals surface area contributed by atoms with Gasteiger partial charge in [-0.3, -0.25) is 4.79 Å². The average Bonchev–Trinajstić information content (AvgIpc) is 3.11. The van der Waals surface area contributed by atoms with E-state index in [1.807, 2.05) is 13.0 Å². The molecule has 1 saturated carbocycles. The Kier molecular flexibility index (Phi) is 4.58. The summed E-state index contributed by atoms with van der Waals surface area (Å²) in [7, 11) is 0. The lowest BCUT2D eigenvalue weighted by Crippen LogP contribution is -2.35. The summed E-state index contributed by atoms with van der Waals surface area (Å²) in [5.74, 6) is 2.56. The number of anilines is 2. The summed E-state index contributed by atoms with van der Waals surface area (Å²) < 4.78 is 0. The first-order chi connectivity index (χ1) is 12.6. The minimum atomic E-state index is -0.140. The van der Waals surface area contributed by atoms with Gasteiger partial charge in [0.25, 0.3) is 5.56 Å². The molecule has 3 heterocycles. The lowest BCUT2D eigenvalue weighted by atomic mass is 9.78. The quantitative estimate of drug-likeness (QED) is 0.740. The summed E-state index contributed by atoms with van der Waals surface area (Å²) in [4.78, 5) is 30.4. The Morgan fingerprint density at radius 1 is 1.23 bits per heavy atom. The summed E-state index contributed by atoms with van der Waals surface area (Å²) in [5, 5.41) is 3.29. The van der Waals surface area contributed by atoms with Crippen molar-refractivity contribution in [1.29, 1.82) is 0 Å². The predicted octanol–water partition coefficient (Wildman–Crippen LogP) is 1.29. The second-order valence-electron chi connectivity index (χ2n) is 7.29. The molecule has 0 radical (unpaired) electrons. The number of aromatic nitrogens is 4. The second-order valence-corrected chi connectivity index (χ2v) is 7.29. The van der Waals surface area contributed by atoms with Crippen molar-refractivity contribution < 1.29 is 0 Å². The number of hydrogen-bond donors (Lipinski definition) is 3. The molecule has 0 amide bonds. The fraction of sp³-hybridized carbons (Fsp3) is 0.556. The number of nitrogens with two attached hydrogens (primary N) is 1. The zero-order chi connectivity index (χ0) is 18.1. The average molecular weight is 355 g/mol. The number of nitrogens with zero attached hydrogens (tertiary/aromatic N) is 4. The Morgan fingerprint density at radius 3 is 2.69 bits per heavy atom. The molecule has 0 spiro atoms.